The van der Waals surface area contributed by atoms with Gasteiger partial charge >= 0.3 is 7.12 Å². The molecule has 2 amide bonds. The Morgan fingerprint density at radius 1 is 1.16 bits per heavy atom. The molecule has 0 unspecified atom stereocenters. The van der Waals surface area contributed by atoms with E-state index < -0.39 is 19.1 Å². The number of hydrogen-bond acceptors (Lipinski definition) is 5. The second-order valence-electron chi connectivity index (χ2n) is 9.61. The molecule has 8 heteroatoms. The monoisotopic (exact) mass is 457 g/mol. The number of aromatic hydroxyl groups is 1. The van der Waals surface area contributed by atoms with Crippen LogP contribution in [0.25, 0.3) is 0 Å². The zero-order valence-electron chi connectivity index (χ0n) is 18.3. The molecule has 32 heavy (non-hydrogen) atoms. The average molecular weight is 458 g/mol. The highest BCUT2D eigenvalue weighted by molar-refractivity contribution is 6.53. The van der Waals surface area contributed by atoms with Crippen LogP contribution >= 0.6 is 11.6 Å². The standard InChI is InChI=1S/C24H29BClNO5/c1-2-13-10-18-21(24(30)27(23(18)29)14-6-4-3-5-7-14)17-12-20(32-25(31)22(13)17)16-9-8-15(28)11-19(16)26/h8-9,11,14,17-18,20-21,28,31H,2-7,10,12H2,1H3/t17-,18-,20-,21+/m0/s1. The predicted molar refractivity (Wildman–Crippen MR) is 121 cm³/mol. The van der Waals surface area contributed by atoms with E-state index in [1.165, 1.54) is 6.07 Å². The molecule has 170 valence electrons. The molecule has 6 nitrogen and oxygen atoms in total. The Labute approximate surface area is 193 Å². The predicted octanol–water partition coefficient (Wildman–Crippen LogP) is 4.19. The number of halogens is 1. The van der Waals surface area contributed by atoms with E-state index in [0.717, 1.165) is 43.1 Å². The van der Waals surface area contributed by atoms with Crippen molar-refractivity contribution in [1.82, 2.24) is 4.90 Å². The van der Waals surface area contributed by atoms with E-state index in [0.29, 0.717) is 29.8 Å². The molecule has 2 aliphatic carbocycles. The third-order valence-electron chi connectivity index (χ3n) is 7.94. The number of imide groups is 1. The summed E-state index contributed by atoms with van der Waals surface area (Å²) in [6.45, 7) is 2.02. The van der Waals surface area contributed by atoms with E-state index in [4.69, 9.17) is 16.3 Å². The van der Waals surface area contributed by atoms with Gasteiger partial charge in [-0.2, -0.15) is 0 Å². The Balaban J connectivity index is 1.51. The van der Waals surface area contributed by atoms with Gasteiger partial charge in [0.15, 0.2) is 0 Å². The number of fused-ring (bicyclic) bond motifs is 3. The number of carbonyl (C=O) groups excluding carboxylic acids is 2. The number of benzene rings is 1. The van der Waals surface area contributed by atoms with E-state index in [2.05, 4.69) is 0 Å². The molecule has 0 bridgehead atoms. The van der Waals surface area contributed by atoms with E-state index in [1.54, 1.807) is 17.0 Å². The molecule has 2 saturated heterocycles. The molecule has 0 radical (unpaired) electrons. The van der Waals surface area contributed by atoms with Crippen LogP contribution in [-0.2, 0) is 14.2 Å². The smallest absolute Gasteiger partial charge is 0.487 e. The number of nitrogens with zero attached hydrogens (tertiary/aromatic N) is 1. The molecule has 3 fully saturated rings. The van der Waals surface area contributed by atoms with Crippen LogP contribution in [0.1, 0.15) is 70.0 Å². The Morgan fingerprint density at radius 2 is 1.91 bits per heavy atom. The zero-order valence-corrected chi connectivity index (χ0v) is 19.1. The summed E-state index contributed by atoms with van der Waals surface area (Å²) in [5, 5.41) is 21.1. The SMILES string of the molecule is CCC1=C2B(O)O[C@H](c3ccc(O)cc3Cl)C[C@H]2[C@H]2C(=O)N(C3CCCCC3)C(=O)[C@H]2C1. The fourth-order valence-corrected chi connectivity index (χ4v) is 6.75. The highest BCUT2D eigenvalue weighted by Crippen LogP contribution is 2.53. The normalized spacial score (nSPS) is 31.2. The molecule has 2 aliphatic heterocycles. The van der Waals surface area contributed by atoms with Gasteiger partial charge in [0.1, 0.15) is 5.75 Å². The first-order chi connectivity index (χ1) is 15.4. The second kappa shape index (κ2) is 8.51. The van der Waals surface area contributed by atoms with E-state index >= 15 is 0 Å². The van der Waals surface area contributed by atoms with Crippen LogP contribution in [0.4, 0.5) is 0 Å². The maximum absolute atomic E-state index is 13.7. The van der Waals surface area contributed by atoms with Crippen LogP contribution in [0, 0.1) is 17.8 Å². The van der Waals surface area contributed by atoms with Crippen molar-refractivity contribution in [3.8, 4) is 5.75 Å². The molecule has 4 aliphatic rings. The van der Waals surface area contributed by atoms with Crippen LogP contribution in [-0.4, -0.2) is 40.0 Å². The number of hydrogen-bond donors (Lipinski definition) is 2. The average Bonchev–Trinajstić information content (AvgIpc) is 3.03. The van der Waals surface area contributed by atoms with Crippen molar-refractivity contribution in [1.29, 1.82) is 0 Å². The highest BCUT2D eigenvalue weighted by Gasteiger charge is 2.58. The fraction of sp³-hybridized carbons (Fsp3) is 0.583. The molecule has 0 aromatic heterocycles. The summed E-state index contributed by atoms with van der Waals surface area (Å²) >= 11 is 6.37. The van der Waals surface area contributed by atoms with Crippen LogP contribution in [0.5, 0.6) is 5.75 Å². The van der Waals surface area contributed by atoms with Gasteiger partial charge in [-0.15, -0.1) is 0 Å². The zero-order chi connectivity index (χ0) is 22.6. The van der Waals surface area contributed by atoms with Gasteiger partial charge in [-0.25, -0.2) is 0 Å². The van der Waals surface area contributed by atoms with Crippen molar-refractivity contribution in [3.63, 3.8) is 0 Å². The first kappa shape index (κ1) is 22.0. The Kier molecular flexibility index (Phi) is 5.85. The topological polar surface area (TPSA) is 87.1 Å². The first-order valence-electron chi connectivity index (χ1n) is 11.8. The summed E-state index contributed by atoms with van der Waals surface area (Å²) in [4.78, 5) is 28.7. The molecule has 2 N–H and O–H groups in total. The number of likely N-dealkylation sites (tertiary alicyclic amines) is 1. The molecule has 0 spiro atoms. The lowest BCUT2D eigenvalue weighted by atomic mass is 9.55. The fourth-order valence-electron chi connectivity index (χ4n) is 6.45. The summed E-state index contributed by atoms with van der Waals surface area (Å²) in [6.07, 6.45) is 6.23. The molecular formula is C24H29BClNO5. The number of rotatable bonds is 3. The summed E-state index contributed by atoms with van der Waals surface area (Å²) in [5.74, 6) is -1.11. The third-order valence-corrected chi connectivity index (χ3v) is 8.27. The summed E-state index contributed by atoms with van der Waals surface area (Å²) in [6, 6.07) is 4.70. The van der Waals surface area contributed by atoms with Gasteiger partial charge in [0.05, 0.1) is 17.9 Å². The quantitative estimate of drug-likeness (QED) is 0.525. The number of phenolic OH excluding ortho intramolecular Hbond substituents is 1. The van der Waals surface area contributed by atoms with Gasteiger partial charge in [-0.1, -0.05) is 49.4 Å². The van der Waals surface area contributed by atoms with E-state index in [9.17, 15) is 19.7 Å². The van der Waals surface area contributed by atoms with Gasteiger partial charge in [-0.3, -0.25) is 14.5 Å². The van der Waals surface area contributed by atoms with Crippen molar-refractivity contribution in [2.75, 3.05) is 0 Å². The highest BCUT2D eigenvalue weighted by atomic mass is 35.5. The first-order valence-corrected chi connectivity index (χ1v) is 12.2. The maximum Gasteiger partial charge on any atom is 0.487 e. The molecule has 5 rings (SSSR count). The van der Waals surface area contributed by atoms with Crippen molar-refractivity contribution < 1.29 is 24.4 Å². The van der Waals surface area contributed by atoms with Gasteiger partial charge in [0, 0.05) is 11.1 Å². The number of carbonyl (C=O) groups is 2. The minimum Gasteiger partial charge on any atom is -0.508 e. The Hall–Kier alpha value is -1.83. The number of phenols is 1. The maximum atomic E-state index is 13.7. The van der Waals surface area contributed by atoms with E-state index in [1.807, 2.05) is 6.92 Å². The van der Waals surface area contributed by atoms with Gasteiger partial charge in [0.2, 0.25) is 11.8 Å². The Bertz CT molecular complexity index is 975. The molecular weight excluding hydrogens is 429 g/mol. The largest absolute Gasteiger partial charge is 0.508 e. The summed E-state index contributed by atoms with van der Waals surface area (Å²) in [5.41, 5.74) is 2.49. The number of allylic oxidation sites excluding steroid dienone is 2. The van der Waals surface area contributed by atoms with Crippen molar-refractivity contribution in [3.05, 3.63) is 39.8 Å². The molecule has 1 aromatic carbocycles. The van der Waals surface area contributed by atoms with Gasteiger partial charge in [0.25, 0.3) is 0 Å². The van der Waals surface area contributed by atoms with Crippen LogP contribution in [0.15, 0.2) is 29.2 Å². The lowest BCUT2D eigenvalue weighted by molar-refractivity contribution is -0.143. The molecule has 2 heterocycles. The van der Waals surface area contributed by atoms with Crippen LogP contribution in [0.2, 0.25) is 5.02 Å². The minimum atomic E-state index is -1.13. The summed E-state index contributed by atoms with van der Waals surface area (Å²) in [7, 11) is -1.13. The van der Waals surface area contributed by atoms with Crippen molar-refractivity contribution >= 4 is 30.5 Å². The minimum absolute atomic E-state index is 0.00924. The molecule has 1 aromatic rings. The number of amides is 2. The van der Waals surface area contributed by atoms with Crippen molar-refractivity contribution in [2.24, 2.45) is 17.8 Å². The van der Waals surface area contributed by atoms with Crippen LogP contribution < -0.4 is 0 Å². The molecule has 1 saturated carbocycles. The van der Waals surface area contributed by atoms with Crippen LogP contribution in [0.3, 0.4) is 0 Å². The van der Waals surface area contributed by atoms with Crippen molar-refractivity contribution in [2.45, 2.75) is 70.4 Å². The van der Waals surface area contributed by atoms with Gasteiger partial charge in [-0.05, 0) is 61.2 Å². The lowest BCUT2D eigenvalue weighted by Crippen LogP contribution is -2.45. The molecule has 4 atom stereocenters. The second-order valence-corrected chi connectivity index (χ2v) is 10.0. The lowest BCUT2D eigenvalue weighted by Gasteiger charge is -2.42. The van der Waals surface area contributed by atoms with Gasteiger partial charge < -0.3 is 14.8 Å². The summed E-state index contributed by atoms with van der Waals surface area (Å²) < 4.78 is 5.97. The third kappa shape index (κ3) is 3.49. The Morgan fingerprint density at radius 3 is 2.59 bits per heavy atom. The van der Waals surface area contributed by atoms with E-state index in [-0.39, 0.29) is 35.4 Å².